The van der Waals surface area contributed by atoms with E-state index in [-0.39, 0.29) is 5.75 Å². The minimum atomic E-state index is -3.62. The number of thioether (sulfide) groups is 1. The second kappa shape index (κ2) is 6.81. The third-order valence-corrected chi connectivity index (χ3v) is 4.95. The van der Waals surface area contributed by atoms with E-state index in [1.54, 1.807) is 12.2 Å². The summed E-state index contributed by atoms with van der Waals surface area (Å²) in [6.45, 7) is 3.41. The minimum Gasteiger partial charge on any atom is -0.267 e. The highest BCUT2D eigenvalue weighted by Crippen LogP contribution is 2.34. The summed E-state index contributed by atoms with van der Waals surface area (Å²) < 4.78 is 27.1. The summed E-state index contributed by atoms with van der Waals surface area (Å²) in [5.74, 6) is -0.145. The standard InChI is InChI=1S/C15H14N2O3S2/c1-3-22(18,19)20-17-15-9-8-14(21-15)13(10-16)12-7-5-4-6-11(12)2/h4-9H,3H2,1-2H3/b14-13-,17-15?. The number of nitriles is 1. The molecule has 0 fully saturated rings. The van der Waals surface area contributed by atoms with Gasteiger partial charge in [-0.25, -0.2) is 0 Å². The van der Waals surface area contributed by atoms with E-state index in [0.29, 0.717) is 15.5 Å². The molecule has 5 nitrogen and oxygen atoms in total. The lowest BCUT2D eigenvalue weighted by Crippen LogP contribution is -2.04. The molecule has 1 aliphatic rings. The van der Waals surface area contributed by atoms with E-state index in [2.05, 4.69) is 15.5 Å². The van der Waals surface area contributed by atoms with Gasteiger partial charge in [-0.3, -0.25) is 4.28 Å². The Labute approximate surface area is 134 Å². The van der Waals surface area contributed by atoms with Crippen molar-refractivity contribution in [3.8, 4) is 6.07 Å². The van der Waals surface area contributed by atoms with Gasteiger partial charge in [0.1, 0.15) is 11.1 Å². The molecule has 1 aromatic carbocycles. The van der Waals surface area contributed by atoms with Crippen molar-refractivity contribution < 1.29 is 12.7 Å². The van der Waals surface area contributed by atoms with Crippen molar-refractivity contribution in [2.24, 2.45) is 5.16 Å². The quantitative estimate of drug-likeness (QED) is 0.624. The van der Waals surface area contributed by atoms with Gasteiger partial charge in [0.25, 0.3) is 0 Å². The summed E-state index contributed by atoms with van der Waals surface area (Å²) in [6, 6.07) is 9.79. The fraction of sp³-hybridized carbons (Fsp3) is 0.200. The summed E-state index contributed by atoms with van der Waals surface area (Å²) in [4.78, 5) is 0.716. The Morgan fingerprint density at radius 2 is 2.09 bits per heavy atom. The van der Waals surface area contributed by atoms with Gasteiger partial charge in [0.05, 0.1) is 11.3 Å². The number of oxime groups is 1. The molecule has 0 aromatic heterocycles. The molecule has 114 valence electrons. The maximum absolute atomic E-state index is 11.3. The molecule has 1 aromatic rings. The van der Waals surface area contributed by atoms with Crippen molar-refractivity contribution >= 4 is 32.5 Å². The van der Waals surface area contributed by atoms with Crippen LogP contribution >= 0.6 is 11.8 Å². The van der Waals surface area contributed by atoms with Crippen molar-refractivity contribution in [3.05, 3.63) is 52.4 Å². The largest absolute Gasteiger partial charge is 0.328 e. The molecule has 1 heterocycles. The van der Waals surface area contributed by atoms with Crippen LogP contribution in [0.25, 0.3) is 5.57 Å². The van der Waals surface area contributed by atoms with Crippen LogP contribution in [0.2, 0.25) is 0 Å². The SMILES string of the molecule is CCS(=O)(=O)ON=C1C=C/C(=C(\C#N)c2ccccc2C)S1. The van der Waals surface area contributed by atoms with Crippen molar-refractivity contribution in [3.63, 3.8) is 0 Å². The first-order chi connectivity index (χ1) is 10.5. The monoisotopic (exact) mass is 334 g/mol. The highest BCUT2D eigenvalue weighted by atomic mass is 32.2. The van der Waals surface area contributed by atoms with Crippen LogP contribution in [0.5, 0.6) is 0 Å². The van der Waals surface area contributed by atoms with Crippen LogP contribution in [-0.4, -0.2) is 19.2 Å². The van der Waals surface area contributed by atoms with E-state index >= 15 is 0 Å². The van der Waals surface area contributed by atoms with E-state index in [1.807, 2.05) is 31.2 Å². The van der Waals surface area contributed by atoms with Gasteiger partial charge >= 0.3 is 10.1 Å². The van der Waals surface area contributed by atoms with Crippen molar-refractivity contribution in [1.29, 1.82) is 5.26 Å². The Bertz CT molecular complexity index is 815. The van der Waals surface area contributed by atoms with E-state index in [1.165, 1.54) is 18.7 Å². The Kier molecular flexibility index (Phi) is 5.06. The highest BCUT2D eigenvalue weighted by Gasteiger charge is 2.17. The number of aryl methyl sites for hydroxylation is 1. The van der Waals surface area contributed by atoms with Gasteiger partial charge in [0, 0.05) is 4.91 Å². The molecule has 0 bridgehead atoms. The Hall–Kier alpha value is -2.04. The van der Waals surface area contributed by atoms with Crippen LogP contribution in [0, 0.1) is 18.3 Å². The lowest BCUT2D eigenvalue weighted by Gasteiger charge is -2.05. The number of allylic oxidation sites excluding steroid dienone is 2. The maximum Gasteiger partial charge on any atom is 0.328 e. The molecule has 1 aliphatic heterocycles. The van der Waals surface area contributed by atoms with Crippen LogP contribution in [0.1, 0.15) is 18.1 Å². The van der Waals surface area contributed by atoms with Gasteiger partial charge in [-0.05, 0) is 37.1 Å². The van der Waals surface area contributed by atoms with Gasteiger partial charge in [0.2, 0.25) is 0 Å². The average molecular weight is 334 g/mol. The van der Waals surface area contributed by atoms with Gasteiger partial charge in [-0.15, -0.1) is 0 Å². The molecule has 0 N–H and O–H groups in total. The van der Waals surface area contributed by atoms with Gasteiger partial charge < -0.3 is 0 Å². The minimum absolute atomic E-state index is 0.145. The summed E-state index contributed by atoms with van der Waals surface area (Å²) in [7, 11) is -3.62. The summed E-state index contributed by atoms with van der Waals surface area (Å²) >= 11 is 1.20. The number of benzene rings is 1. The molecule has 7 heteroatoms. The first-order valence-corrected chi connectivity index (χ1v) is 8.92. The van der Waals surface area contributed by atoms with Gasteiger partial charge in [-0.1, -0.05) is 41.2 Å². The fourth-order valence-electron chi connectivity index (χ4n) is 1.76. The van der Waals surface area contributed by atoms with Crippen LogP contribution in [0.4, 0.5) is 0 Å². The molecule has 0 atom stereocenters. The smallest absolute Gasteiger partial charge is 0.267 e. The van der Waals surface area contributed by atoms with E-state index in [0.717, 1.165) is 11.1 Å². The molecule has 22 heavy (non-hydrogen) atoms. The first-order valence-electron chi connectivity index (χ1n) is 6.52. The summed E-state index contributed by atoms with van der Waals surface area (Å²) in [6.07, 6.45) is 3.36. The number of hydrogen-bond donors (Lipinski definition) is 0. The molecule has 0 amide bonds. The van der Waals surface area contributed by atoms with Crippen LogP contribution < -0.4 is 0 Å². The maximum atomic E-state index is 11.3. The van der Waals surface area contributed by atoms with Gasteiger partial charge in [0.15, 0.2) is 0 Å². The van der Waals surface area contributed by atoms with Crippen LogP contribution in [-0.2, 0) is 14.4 Å². The third kappa shape index (κ3) is 3.78. The normalized spacial score (nSPS) is 18.3. The lowest BCUT2D eigenvalue weighted by atomic mass is 10.0. The number of hydrogen-bond acceptors (Lipinski definition) is 6. The van der Waals surface area contributed by atoms with Crippen molar-refractivity contribution in [1.82, 2.24) is 0 Å². The molecule has 0 saturated heterocycles. The first kappa shape index (κ1) is 16.3. The second-order valence-corrected chi connectivity index (χ2v) is 7.36. The zero-order valence-corrected chi connectivity index (χ0v) is 13.7. The topological polar surface area (TPSA) is 79.5 Å². The molecule has 2 rings (SSSR count). The molecule has 0 saturated carbocycles. The predicted octanol–water partition coefficient (Wildman–Crippen LogP) is 3.21. The van der Waals surface area contributed by atoms with E-state index in [9.17, 15) is 13.7 Å². The van der Waals surface area contributed by atoms with Crippen LogP contribution in [0.15, 0.2) is 46.5 Å². The number of nitrogens with zero attached hydrogens (tertiary/aromatic N) is 2. The second-order valence-electron chi connectivity index (χ2n) is 4.45. The molecular formula is C15H14N2O3S2. The Morgan fingerprint density at radius 1 is 1.36 bits per heavy atom. The zero-order chi connectivity index (χ0) is 16.2. The molecule has 0 unspecified atom stereocenters. The summed E-state index contributed by atoms with van der Waals surface area (Å²) in [5.41, 5.74) is 2.37. The summed E-state index contributed by atoms with van der Waals surface area (Å²) in [5, 5.41) is 13.4. The fourth-order valence-corrected chi connectivity index (χ4v) is 2.93. The van der Waals surface area contributed by atoms with E-state index in [4.69, 9.17) is 0 Å². The highest BCUT2D eigenvalue weighted by molar-refractivity contribution is 8.18. The lowest BCUT2D eigenvalue weighted by molar-refractivity contribution is 0.341. The Morgan fingerprint density at radius 3 is 2.73 bits per heavy atom. The average Bonchev–Trinajstić information content (AvgIpc) is 2.97. The molecule has 0 spiro atoms. The van der Waals surface area contributed by atoms with Gasteiger partial charge in [-0.2, -0.15) is 13.7 Å². The van der Waals surface area contributed by atoms with E-state index < -0.39 is 10.1 Å². The van der Waals surface area contributed by atoms with Crippen molar-refractivity contribution in [2.75, 3.05) is 5.75 Å². The zero-order valence-electron chi connectivity index (χ0n) is 12.1. The number of rotatable bonds is 4. The van der Waals surface area contributed by atoms with Crippen molar-refractivity contribution in [2.45, 2.75) is 13.8 Å². The molecule has 0 radical (unpaired) electrons. The Balaban J connectivity index is 2.29. The predicted molar refractivity (Wildman–Crippen MR) is 88.4 cm³/mol. The molecular weight excluding hydrogens is 320 g/mol. The molecule has 0 aliphatic carbocycles. The third-order valence-electron chi connectivity index (χ3n) is 2.96. The van der Waals surface area contributed by atoms with Crippen LogP contribution in [0.3, 0.4) is 0 Å².